The van der Waals surface area contributed by atoms with Crippen LogP contribution in [0.3, 0.4) is 0 Å². The Morgan fingerprint density at radius 2 is 2.25 bits per heavy atom. The maximum atomic E-state index is 11.9. The lowest BCUT2D eigenvalue weighted by molar-refractivity contribution is 0.285. The highest BCUT2D eigenvalue weighted by Gasteiger charge is 2.25. The van der Waals surface area contributed by atoms with E-state index in [1.807, 2.05) is 6.92 Å². The maximum absolute atomic E-state index is 11.9. The molecule has 2 rings (SSSR count). The Morgan fingerprint density at radius 1 is 1.56 bits per heavy atom. The van der Waals surface area contributed by atoms with Crippen molar-refractivity contribution in [1.82, 2.24) is 4.72 Å². The Bertz CT molecular complexity index is 474. The molecular weight excluding hydrogens is 246 g/mol. The Labute approximate surface area is 99.4 Å². The van der Waals surface area contributed by atoms with E-state index < -0.39 is 10.0 Å². The monoisotopic (exact) mass is 261 g/mol. The summed E-state index contributed by atoms with van der Waals surface area (Å²) in [7, 11) is -3.37. The van der Waals surface area contributed by atoms with E-state index in [4.69, 9.17) is 5.11 Å². The summed E-state index contributed by atoms with van der Waals surface area (Å²) in [5, 5.41) is 9.02. The van der Waals surface area contributed by atoms with E-state index in [9.17, 15) is 8.42 Å². The summed E-state index contributed by atoms with van der Waals surface area (Å²) in [6, 6.07) is 1.62. The Balaban J connectivity index is 2.13. The fourth-order valence-corrected chi connectivity index (χ4v) is 4.01. The number of aryl methyl sites for hydroxylation is 1. The zero-order valence-electron chi connectivity index (χ0n) is 9.06. The van der Waals surface area contributed by atoms with Crippen molar-refractivity contribution in [2.24, 2.45) is 5.92 Å². The molecule has 1 aromatic heterocycles. The Hall–Kier alpha value is -0.430. The molecule has 0 aliphatic heterocycles. The first-order valence-corrected chi connectivity index (χ1v) is 7.52. The van der Waals surface area contributed by atoms with Gasteiger partial charge in [0.1, 0.15) is 4.21 Å². The van der Waals surface area contributed by atoms with Crippen molar-refractivity contribution in [3.63, 3.8) is 0 Å². The lowest BCUT2D eigenvalue weighted by Gasteiger charge is -2.02. The van der Waals surface area contributed by atoms with Gasteiger partial charge >= 0.3 is 0 Å². The first kappa shape index (κ1) is 12.0. The predicted molar refractivity (Wildman–Crippen MR) is 62.9 cm³/mol. The molecule has 1 aromatic rings. The number of sulfonamides is 1. The standard InChI is InChI=1S/C10H15NO3S2/c1-7-4-10(15-9(7)6-12)16(13,14)11-5-8-2-3-8/h4,8,11-12H,2-3,5-6H2,1H3. The number of hydrogen-bond donors (Lipinski definition) is 2. The summed E-state index contributed by atoms with van der Waals surface area (Å²) in [5.74, 6) is 0.521. The second-order valence-corrected chi connectivity index (χ2v) is 7.26. The summed E-state index contributed by atoms with van der Waals surface area (Å²) in [6.07, 6.45) is 2.24. The molecule has 1 saturated carbocycles. The van der Waals surface area contributed by atoms with Crippen molar-refractivity contribution < 1.29 is 13.5 Å². The van der Waals surface area contributed by atoms with Crippen molar-refractivity contribution >= 4 is 21.4 Å². The SMILES string of the molecule is Cc1cc(S(=O)(=O)NCC2CC2)sc1CO. The molecule has 2 N–H and O–H groups in total. The Morgan fingerprint density at radius 3 is 2.75 bits per heavy atom. The van der Waals surface area contributed by atoms with Crippen molar-refractivity contribution in [3.05, 3.63) is 16.5 Å². The van der Waals surface area contributed by atoms with Gasteiger partial charge in [0.15, 0.2) is 0 Å². The van der Waals surface area contributed by atoms with Crippen molar-refractivity contribution in [1.29, 1.82) is 0 Å². The van der Waals surface area contributed by atoms with Crippen LogP contribution in [0.1, 0.15) is 23.3 Å². The first-order chi connectivity index (χ1) is 7.53. The van der Waals surface area contributed by atoms with Gasteiger partial charge in [-0.3, -0.25) is 0 Å². The van der Waals surface area contributed by atoms with Crippen LogP contribution in [-0.4, -0.2) is 20.1 Å². The van der Waals surface area contributed by atoms with E-state index in [1.54, 1.807) is 6.07 Å². The first-order valence-electron chi connectivity index (χ1n) is 5.23. The quantitative estimate of drug-likeness (QED) is 0.838. The summed E-state index contributed by atoms with van der Waals surface area (Å²) in [6.45, 7) is 2.24. The molecule has 0 amide bonds. The highest BCUT2D eigenvalue weighted by molar-refractivity contribution is 7.91. The summed E-state index contributed by atoms with van der Waals surface area (Å²) >= 11 is 1.14. The number of rotatable bonds is 5. The minimum Gasteiger partial charge on any atom is -0.391 e. The van der Waals surface area contributed by atoms with Crippen molar-refractivity contribution in [2.75, 3.05) is 6.54 Å². The Kier molecular flexibility index (Phi) is 3.34. The number of thiophene rings is 1. The minimum absolute atomic E-state index is 0.103. The molecular formula is C10H15NO3S2. The van der Waals surface area contributed by atoms with Crippen LogP contribution in [0.15, 0.2) is 10.3 Å². The number of aliphatic hydroxyl groups is 1. The third-order valence-electron chi connectivity index (χ3n) is 2.67. The van der Waals surface area contributed by atoms with E-state index in [0.717, 1.165) is 29.7 Å². The molecule has 1 fully saturated rings. The smallest absolute Gasteiger partial charge is 0.250 e. The molecule has 0 spiro atoms. The van der Waals surface area contributed by atoms with Crippen LogP contribution in [0.5, 0.6) is 0 Å². The van der Waals surface area contributed by atoms with Crippen LogP contribution in [0, 0.1) is 12.8 Å². The van der Waals surface area contributed by atoms with E-state index in [2.05, 4.69) is 4.72 Å². The predicted octanol–water partition coefficient (Wildman–Crippen LogP) is 1.24. The zero-order chi connectivity index (χ0) is 11.8. The van der Waals surface area contributed by atoms with Gasteiger partial charge in [-0.1, -0.05) is 0 Å². The molecule has 6 heteroatoms. The maximum Gasteiger partial charge on any atom is 0.250 e. The number of hydrogen-bond acceptors (Lipinski definition) is 4. The van der Waals surface area contributed by atoms with Crippen LogP contribution in [0.4, 0.5) is 0 Å². The van der Waals surface area contributed by atoms with Crippen LogP contribution in [-0.2, 0) is 16.6 Å². The molecule has 0 radical (unpaired) electrons. The molecule has 16 heavy (non-hydrogen) atoms. The lowest BCUT2D eigenvalue weighted by Crippen LogP contribution is -2.25. The fourth-order valence-electron chi connectivity index (χ4n) is 1.40. The van der Waals surface area contributed by atoms with E-state index in [-0.39, 0.29) is 6.61 Å². The third kappa shape index (κ3) is 2.63. The third-order valence-corrected chi connectivity index (χ3v) is 5.78. The van der Waals surface area contributed by atoms with Crippen molar-refractivity contribution in [2.45, 2.75) is 30.6 Å². The summed E-state index contributed by atoms with van der Waals surface area (Å²) in [4.78, 5) is 0.715. The minimum atomic E-state index is -3.37. The van der Waals surface area contributed by atoms with Gasteiger partial charge in [-0.25, -0.2) is 13.1 Å². The van der Waals surface area contributed by atoms with Gasteiger partial charge in [-0.15, -0.1) is 11.3 Å². The average molecular weight is 261 g/mol. The van der Waals surface area contributed by atoms with Gasteiger partial charge in [0.05, 0.1) is 6.61 Å². The lowest BCUT2D eigenvalue weighted by atomic mass is 10.3. The normalized spacial score (nSPS) is 16.6. The molecule has 0 aromatic carbocycles. The summed E-state index contributed by atoms with van der Waals surface area (Å²) < 4.78 is 26.6. The molecule has 0 atom stereocenters. The van der Waals surface area contributed by atoms with E-state index in [0.29, 0.717) is 21.5 Å². The van der Waals surface area contributed by atoms with Crippen LogP contribution >= 0.6 is 11.3 Å². The topological polar surface area (TPSA) is 66.4 Å². The van der Waals surface area contributed by atoms with Gasteiger partial charge in [0.2, 0.25) is 10.0 Å². The molecule has 90 valence electrons. The van der Waals surface area contributed by atoms with Gasteiger partial charge < -0.3 is 5.11 Å². The van der Waals surface area contributed by atoms with E-state index >= 15 is 0 Å². The van der Waals surface area contributed by atoms with Gasteiger partial charge in [0, 0.05) is 11.4 Å². The molecule has 0 unspecified atom stereocenters. The van der Waals surface area contributed by atoms with Gasteiger partial charge in [0.25, 0.3) is 0 Å². The molecule has 1 aliphatic rings. The molecule has 0 bridgehead atoms. The highest BCUT2D eigenvalue weighted by atomic mass is 32.2. The van der Waals surface area contributed by atoms with E-state index in [1.165, 1.54) is 0 Å². The van der Waals surface area contributed by atoms with Crippen LogP contribution < -0.4 is 4.72 Å². The fraction of sp³-hybridized carbons (Fsp3) is 0.600. The van der Waals surface area contributed by atoms with Crippen LogP contribution in [0.25, 0.3) is 0 Å². The van der Waals surface area contributed by atoms with Crippen molar-refractivity contribution in [3.8, 4) is 0 Å². The molecule has 0 saturated heterocycles. The second-order valence-electron chi connectivity index (χ2n) is 4.13. The second kappa shape index (κ2) is 4.44. The van der Waals surface area contributed by atoms with Gasteiger partial charge in [-0.2, -0.15) is 0 Å². The number of aliphatic hydroxyl groups excluding tert-OH is 1. The molecule has 4 nitrogen and oxygen atoms in total. The van der Waals surface area contributed by atoms with Crippen LogP contribution in [0.2, 0.25) is 0 Å². The average Bonchev–Trinajstić information content (AvgIpc) is 2.98. The molecule has 1 aliphatic carbocycles. The zero-order valence-corrected chi connectivity index (χ0v) is 10.7. The summed E-state index contributed by atoms with van der Waals surface area (Å²) in [5.41, 5.74) is 0.833. The largest absolute Gasteiger partial charge is 0.391 e. The van der Waals surface area contributed by atoms with Gasteiger partial charge in [-0.05, 0) is 37.3 Å². The highest BCUT2D eigenvalue weighted by Crippen LogP contribution is 2.29. The molecule has 1 heterocycles. The number of nitrogens with one attached hydrogen (secondary N) is 1.